The number of benzene rings is 2. The molecule has 3 rings (SSSR count). The maximum absolute atomic E-state index is 12.7. The van der Waals surface area contributed by atoms with E-state index in [4.69, 9.17) is 9.47 Å². The van der Waals surface area contributed by atoms with Crippen LogP contribution in [-0.4, -0.2) is 43.2 Å². The minimum atomic E-state index is -0.719. The van der Waals surface area contributed by atoms with Gasteiger partial charge in [-0.15, -0.1) is 0 Å². The molecule has 30 heavy (non-hydrogen) atoms. The molecule has 0 fully saturated rings. The van der Waals surface area contributed by atoms with E-state index in [-0.39, 0.29) is 5.56 Å². The van der Waals surface area contributed by atoms with E-state index in [2.05, 4.69) is 15.6 Å². The molecule has 0 unspecified atom stereocenters. The van der Waals surface area contributed by atoms with Crippen molar-refractivity contribution in [3.63, 3.8) is 0 Å². The quantitative estimate of drug-likeness (QED) is 0.609. The zero-order chi connectivity index (χ0) is 21.5. The highest BCUT2D eigenvalue weighted by atomic mass is 16.5. The number of methoxy groups -OCH3 is 1. The first-order chi connectivity index (χ1) is 14.5. The van der Waals surface area contributed by atoms with E-state index in [9.17, 15) is 14.4 Å². The summed E-state index contributed by atoms with van der Waals surface area (Å²) >= 11 is 0. The van der Waals surface area contributed by atoms with Gasteiger partial charge in [0.25, 0.3) is 5.91 Å². The highest BCUT2D eigenvalue weighted by Gasteiger charge is 2.17. The number of aromatic nitrogens is 1. The van der Waals surface area contributed by atoms with Gasteiger partial charge in [-0.25, -0.2) is 14.6 Å². The van der Waals surface area contributed by atoms with Crippen molar-refractivity contribution in [2.45, 2.75) is 6.92 Å². The molecule has 0 aliphatic rings. The number of rotatable bonds is 6. The van der Waals surface area contributed by atoms with Crippen molar-refractivity contribution < 1.29 is 23.9 Å². The normalized spacial score (nSPS) is 10.3. The number of imide groups is 1. The van der Waals surface area contributed by atoms with Gasteiger partial charge in [-0.05, 0) is 43.3 Å². The van der Waals surface area contributed by atoms with E-state index in [1.807, 2.05) is 18.2 Å². The van der Waals surface area contributed by atoms with Crippen molar-refractivity contribution in [2.75, 3.05) is 20.3 Å². The Balaban J connectivity index is 1.85. The Kier molecular flexibility index (Phi) is 6.59. The fourth-order valence-electron chi connectivity index (χ4n) is 2.83. The number of pyridine rings is 1. The Morgan fingerprint density at radius 3 is 2.47 bits per heavy atom. The number of amides is 3. The van der Waals surface area contributed by atoms with Crippen LogP contribution in [0.5, 0.6) is 5.75 Å². The fraction of sp³-hybridized carbons (Fsp3) is 0.182. The molecule has 1 heterocycles. The molecule has 8 heteroatoms. The van der Waals surface area contributed by atoms with Gasteiger partial charge in [0.15, 0.2) is 6.61 Å². The van der Waals surface area contributed by atoms with Gasteiger partial charge in [-0.2, -0.15) is 0 Å². The summed E-state index contributed by atoms with van der Waals surface area (Å²) in [6.45, 7) is 1.51. The highest BCUT2D eigenvalue weighted by Crippen LogP contribution is 2.26. The molecule has 154 valence electrons. The monoisotopic (exact) mass is 407 g/mol. The lowest BCUT2D eigenvalue weighted by Crippen LogP contribution is -2.41. The molecule has 3 amide bonds. The second-order valence-corrected chi connectivity index (χ2v) is 6.28. The molecule has 0 spiro atoms. The molecule has 0 saturated heterocycles. The third-order valence-electron chi connectivity index (χ3n) is 4.25. The summed E-state index contributed by atoms with van der Waals surface area (Å²) in [6, 6.07) is 15.4. The van der Waals surface area contributed by atoms with Crippen LogP contribution in [0.15, 0.2) is 54.6 Å². The van der Waals surface area contributed by atoms with E-state index in [1.54, 1.807) is 50.4 Å². The second-order valence-electron chi connectivity index (χ2n) is 6.28. The van der Waals surface area contributed by atoms with Crippen LogP contribution in [0.4, 0.5) is 4.79 Å². The third kappa shape index (κ3) is 4.91. The molecule has 8 nitrogen and oxygen atoms in total. The number of fused-ring (bicyclic) bond motifs is 1. The lowest BCUT2D eigenvalue weighted by Gasteiger charge is -2.10. The Morgan fingerprint density at radius 2 is 1.77 bits per heavy atom. The minimum absolute atomic E-state index is 0.275. The fourth-order valence-corrected chi connectivity index (χ4v) is 2.83. The standard InChI is InChI=1S/C22H21N3O5/c1-3-23-22(28)25-20(26)13-30-21(27)17-12-19(14-8-10-15(29-2)11-9-14)24-18-7-5-4-6-16(17)18/h4-12H,3,13H2,1-2H3,(H2,23,25,26,28). The molecule has 0 aliphatic heterocycles. The van der Waals surface area contributed by atoms with Gasteiger partial charge in [0, 0.05) is 17.5 Å². The first kappa shape index (κ1) is 20.8. The van der Waals surface area contributed by atoms with Crippen molar-refractivity contribution in [3.8, 4) is 17.0 Å². The molecule has 0 bridgehead atoms. The first-order valence-corrected chi connectivity index (χ1v) is 9.31. The van der Waals surface area contributed by atoms with Crippen molar-refractivity contribution >= 4 is 28.8 Å². The maximum Gasteiger partial charge on any atom is 0.339 e. The summed E-state index contributed by atoms with van der Waals surface area (Å²) in [5, 5.41) is 5.11. The molecule has 0 saturated carbocycles. The van der Waals surface area contributed by atoms with Crippen LogP contribution in [0.1, 0.15) is 17.3 Å². The van der Waals surface area contributed by atoms with E-state index in [1.165, 1.54) is 0 Å². The number of nitrogens with one attached hydrogen (secondary N) is 2. The van der Waals surface area contributed by atoms with Gasteiger partial charge in [0.1, 0.15) is 5.75 Å². The van der Waals surface area contributed by atoms with Crippen LogP contribution in [0, 0.1) is 0 Å². The van der Waals surface area contributed by atoms with Gasteiger partial charge in [0.2, 0.25) is 0 Å². The summed E-state index contributed by atoms with van der Waals surface area (Å²) in [7, 11) is 1.58. The summed E-state index contributed by atoms with van der Waals surface area (Å²) in [5.74, 6) is -0.699. The zero-order valence-electron chi connectivity index (χ0n) is 16.6. The van der Waals surface area contributed by atoms with Crippen LogP contribution in [0.25, 0.3) is 22.2 Å². The van der Waals surface area contributed by atoms with Crippen molar-refractivity contribution in [1.29, 1.82) is 0 Å². The minimum Gasteiger partial charge on any atom is -0.497 e. The maximum atomic E-state index is 12.7. The lowest BCUT2D eigenvalue weighted by molar-refractivity contribution is -0.123. The molecular weight excluding hydrogens is 386 g/mol. The average molecular weight is 407 g/mol. The summed E-state index contributed by atoms with van der Waals surface area (Å²) in [6.07, 6.45) is 0. The molecule has 0 atom stereocenters. The van der Waals surface area contributed by atoms with Crippen LogP contribution in [0.2, 0.25) is 0 Å². The molecule has 2 aromatic carbocycles. The largest absolute Gasteiger partial charge is 0.497 e. The van der Waals surface area contributed by atoms with Crippen molar-refractivity contribution in [3.05, 3.63) is 60.2 Å². The Morgan fingerprint density at radius 1 is 1.03 bits per heavy atom. The molecule has 0 radical (unpaired) electrons. The summed E-state index contributed by atoms with van der Waals surface area (Å²) in [4.78, 5) is 40.5. The smallest absolute Gasteiger partial charge is 0.339 e. The highest BCUT2D eigenvalue weighted by molar-refractivity contribution is 6.05. The molecule has 3 aromatic rings. The predicted octanol–water partition coefficient (Wildman–Crippen LogP) is 2.91. The van der Waals surface area contributed by atoms with Gasteiger partial charge >= 0.3 is 12.0 Å². The predicted molar refractivity (Wildman–Crippen MR) is 111 cm³/mol. The number of nitrogens with zero attached hydrogens (tertiary/aromatic N) is 1. The number of carbonyl (C=O) groups excluding carboxylic acids is 3. The number of hydrogen-bond acceptors (Lipinski definition) is 6. The van der Waals surface area contributed by atoms with Gasteiger partial charge in [0.05, 0.1) is 23.9 Å². The number of urea groups is 1. The van der Waals surface area contributed by atoms with E-state index < -0.39 is 24.5 Å². The number of hydrogen-bond donors (Lipinski definition) is 2. The zero-order valence-corrected chi connectivity index (χ0v) is 16.6. The lowest BCUT2D eigenvalue weighted by atomic mass is 10.0. The van der Waals surface area contributed by atoms with Crippen LogP contribution in [-0.2, 0) is 9.53 Å². The molecule has 2 N–H and O–H groups in total. The number of para-hydroxylation sites is 1. The SMILES string of the molecule is CCNC(=O)NC(=O)COC(=O)c1cc(-c2ccc(OC)cc2)nc2ccccc12. The summed E-state index contributed by atoms with van der Waals surface area (Å²) < 4.78 is 10.3. The van der Waals surface area contributed by atoms with E-state index >= 15 is 0 Å². The van der Waals surface area contributed by atoms with E-state index in [0.29, 0.717) is 28.9 Å². The topological polar surface area (TPSA) is 107 Å². The van der Waals surface area contributed by atoms with Gasteiger partial charge in [-0.3, -0.25) is 10.1 Å². The Hall–Kier alpha value is -3.94. The first-order valence-electron chi connectivity index (χ1n) is 9.31. The van der Waals surface area contributed by atoms with Gasteiger partial charge in [-0.1, -0.05) is 18.2 Å². The van der Waals surface area contributed by atoms with Crippen LogP contribution in [0.3, 0.4) is 0 Å². The Labute approximate surface area is 173 Å². The molecular formula is C22H21N3O5. The van der Waals surface area contributed by atoms with Crippen molar-refractivity contribution in [2.24, 2.45) is 0 Å². The average Bonchev–Trinajstić information content (AvgIpc) is 2.77. The second kappa shape index (κ2) is 9.51. The third-order valence-corrected chi connectivity index (χ3v) is 4.25. The van der Waals surface area contributed by atoms with Gasteiger partial charge < -0.3 is 14.8 Å². The summed E-state index contributed by atoms with van der Waals surface area (Å²) in [5.41, 5.74) is 2.27. The molecule has 0 aliphatic carbocycles. The Bertz CT molecular complexity index is 1080. The van der Waals surface area contributed by atoms with Crippen LogP contribution >= 0.6 is 0 Å². The number of esters is 1. The van der Waals surface area contributed by atoms with Crippen molar-refractivity contribution in [1.82, 2.24) is 15.6 Å². The van der Waals surface area contributed by atoms with E-state index in [0.717, 1.165) is 5.56 Å². The number of carbonyl (C=O) groups is 3. The molecule has 1 aromatic heterocycles. The van der Waals surface area contributed by atoms with Crippen LogP contribution < -0.4 is 15.4 Å². The number of ether oxygens (including phenoxy) is 2.